The number of carbonyl (C=O) groups excluding carboxylic acids is 1. The van der Waals surface area contributed by atoms with Crippen LogP contribution in [0.3, 0.4) is 0 Å². The third-order valence-corrected chi connectivity index (χ3v) is 6.27. The second-order valence-corrected chi connectivity index (χ2v) is 7.84. The lowest BCUT2D eigenvalue weighted by molar-refractivity contribution is -0.123. The van der Waals surface area contributed by atoms with E-state index in [1.165, 1.54) is 12.0 Å². The first kappa shape index (κ1) is 14.7. The van der Waals surface area contributed by atoms with Gasteiger partial charge in [-0.1, -0.05) is 0 Å². The van der Waals surface area contributed by atoms with E-state index >= 15 is 0 Å². The summed E-state index contributed by atoms with van der Waals surface area (Å²) in [4.78, 5) is 14.9. The fourth-order valence-electron chi connectivity index (χ4n) is 4.24. The Kier molecular flexibility index (Phi) is 3.96. The number of hydrogen-bond acceptors (Lipinski definition) is 4. The van der Waals surface area contributed by atoms with Crippen molar-refractivity contribution < 1.29 is 9.90 Å². The minimum Gasteiger partial charge on any atom is -0.392 e. The monoisotopic (exact) mass is 320 g/mol. The van der Waals surface area contributed by atoms with Gasteiger partial charge in [0.1, 0.15) is 0 Å². The van der Waals surface area contributed by atoms with E-state index < -0.39 is 0 Å². The number of aliphatic hydroxyl groups is 1. The molecule has 1 aliphatic heterocycles. The highest BCUT2D eigenvalue weighted by Gasteiger charge is 2.46. The lowest BCUT2D eigenvalue weighted by atomic mass is 10.1. The molecule has 2 heterocycles. The van der Waals surface area contributed by atoms with E-state index in [4.69, 9.17) is 0 Å². The maximum Gasteiger partial charge on any atom is 0.224 e. The van der Waals surface area contributed by atoms with Crippen molar-refractivity contribution in [3.8, 4) is 0 Å². The van der Waals surface area contributed by atoms with Crippen LogP contribution in [0.15, 0.2) is 16.8 Å². The molecule has 4 nitrogen and oxygen atoms in total. The van der Waals surface area contributed by atoms with Gasteiger partial charge in [-0.2, -0.15) is 11.3 Å². The van der Waals surface area contributed by atoms with Crippen LogP contribution in [0.4, 0.5) is 0 Å². The molecule has 1 amide bonds. The average Bonchev–Trinajstić information content (AvgIpc) is 2.93. The zero-order chi connectivity index (χ0) is 15.1. The Morgan fingerprint density at radius 3 is 3.00 bits per heavy atom. The summed E-state index contributed by atoms with van der Waals surface area (Å²) in [5.74, 6) is 0.868. The summed E-state index contributed by atoms with van der Waals surface area (Å²) in [6.07, 6.45) is 5.11. The van der Waals surface area contributed by atoms with Gasteiger partial charge in [0.15, 0.2) is 0 Å². The molecule has 4 rings (SSSR count). The number of amides is 1. The molecule has 5 atom stereocenters. The molecule has 22 heavy (non-hydrogen) atoms. The minimum atomic E-state index is -0.177. The SMILES string of the molecule is O=C(N[C@@H]1CCC[C@@H]1N1CCC(O)C1)[C@@H]1C[C@H]1c1ccsc1. The quantitative estimate of drug-likeness (QED) is 0.892. The summed E-state index contributed by atoms with van der Waals surface area (Å²) < 4.78 is 0. The van der Waals surface area contributed by atoms with Crippen LogP contribution in [0.5, 0.6) is 0 Å². The molecule has 2 aliphatic carbocycles. The highest BCUT2D eigenvalue weighted by molar-refractivity contribution is 7.08. The second kappa shape index (κ2) is 5.95. The van der Waals surface area contributed by atoms with E-state index in [1.54, 1.807) is 11.3 Å². The van der Waals surface area contributed by atoms with Crippen molar-refractivity contribution in [2.24, 2.45) is 5.92 Å². The van der Waals surface area contributed by atoms with Gasteiger partial charge in [-0.25, -0.2) is 0 Å². The van der Waals surface area contributed by atoms with Gasteiger partial charge in [0, 0.05) is 31.1 Å². The van der Waals surface area contributed by atoms with Crippen molar-refractivity contribution in [2.75, 3.05) is 13.1 Å². The Bertz CT molecular complexity index is 533. The number of nitrogens with zero attached hydrogens (tertiary/aromatic N) is 1. The standard InChI is InChI=1S/C17H24N2O2S/c20-12-4-6-19(9-12)16-3-1-2-15(16)18-17(21)14-8-13(14)11-5-7-22-10-11/h5,7,10,12-16,20H,1-4,6,8-9H2,(H,18,21)/t12?,13-,14+,15+,16-/m0/s1. The fourth-order valence-corrected chi connectivity index (χ4v) is 4.97. The van der Waals surface area contributed by atoms with E-state index in [2.05, 4.69) is 27.0 Å². The lowest BCUT2D eigenvalue weighted by Crippen LogP contribution is -2.48. The van der Waals surface area contributed by atoms with Crippen LogP contribution < -0.4 is 5.32 Å². The Hall–Kier alpha value is -0.910. The average molecular weight is 320 g/mol. The Balaban J connectivity index is 1.34. The summed E-state index contributed by atoms with van der Waals surface area (Å²) in [7, 11) is 0. The largest absolute Gasteiger partial charge is 0.392 e. The predicted molar refractivity (Wildman–Crippen MR) is 86.9 cm³/mol. The van der Waals surface area contributed by atoms with E-state index in [9.17, 15) is 9.90 Å². The van der Waals surface area contributed by atoms with Gasteiger partial charge in [0.05, 0.1) is 6.10 Å². The first-order valence-corrected chi connectivity index (χ1v) is 9.41. The van der Waals surface area contributed by atoms with Crippen LogP contribution in [-0.4, -0.2) is 47.2 Å². The molecule has 1 aromatic heterocycles. The van der Waals surface area contributed by atoms with Crippen molar-refractivity contribution >= 4 is 17.2 Å². The molecule has 0 spiro atoms. The first-order chi connectivity index (χ1) is 10.7. The third kappa shape index (κ3) is 2.82. The summed E-state index contributed by atoms with van der Waals surface area (Å²) in [5, 5.41) is 17.3. The molecule has 2 N–H and O–H groups in total. The van der Waals surface area contributed by atoms with Crippen molar-refractivity contribution in [1.82, 2.24) is 10.2 Å². The molecular formula is C17H24N2O2S. The number of nitrogens with one attached hydrogen (secondary N) is 1. The van der Waals surface area contributed by atoms with Gasteiger partial charge in [-0.05, 0) is 60.4 Å². The summed E-state index contributed by atoms with van der Waals surface area (Å²) in [5.41, 5.74) is 1.33. The van der Waals surface area contributed by atoms with Crippen LogP contribution in [0, 0.1) is 5.92 Å². The van der Waals surface area contributed by atoms with Crippen LogP contribution >= 0.6 is 11.3 Å². The topological polar surface area (TPSA) is 52.6 Å². The van der Waals surface area contributed by atoms with E-state index in [-0.39, 0.29) is 24.0 Å². The molecule has 1 unspecified atom stereocenters. The summed E-state index contributed by atoms with van der Waals surface area (Å²) in [6, 6.07) is 2.85. The van der Waals surface area contributed by atoms with Crippen molar-refractivity contribution in [2.45, 2.75) is 56.2 Å². The fraction of sp³-hybridized carbons (Fsp3) is 0.706. The molecule has 5 heteroatoms. The summed E-state index contributed by atoms with van der Waals surface area (Å²) >= 11 is 1.71. The second-order valence-electron chi connectivity index (χ2n) is 7.06. The number of β-amino-alcohol motifs (C(OH)–C–C–N with tert-alkyl or cyclic N) is 1. The molecule has 1 saturated heterocycles. The number of aliphatic hydroxyl groups excluding tert-OH is 1. The predicted octanol–water partition coefficient (Wildman–Crippen LogP) is 1.96. The highest BCUT2D eigenvalue weighted by atomic mass is 32.1. The molecule has 3 aliphatic rings. The number of thiophene rings is 1. The summed E-state index contributed by atoms with van der Waals surface area (Å²) in [6.45, 7) is 1.75. The van der Waals surface area contributed by atoms with Gasteiger partial charge >= 0.3 is 0 Å². The van der Waals surface area contributed by atoms with E-state index in [0.717, 1.165) is 38.8 Å². The van der Waals surface area contributed by atoms with Crippen molar-refractivity contribution in [3.05, 3.63) is 22.4 Å². The maximum atomic E-state index is 12.5. The first-order valence-electron chi connectivity index (χ1n) is 8.47. The van der Waals surface area contributed by atoms with Crippen molar-refractivity contribution in [3.63, 3.8) is 0 Å². The Morgan fingerprint density at radius 2 is 2.27 bits per heavy atom. The van der Waals surface area contributed by atoms with Gasteiger partial charge < -0.3 is 10.4 Å². The van der Waals surface area contributed by atoms with Crippen LogP contribution in [0.2, 0.25) is 0 Å². The highest BCUT2D eigenvalue weighted by Crippen LogP contribution is 2.48. The van der Waals surface area contributed by atoms with Gasteiger partial charge in [-0.15, -0.1) is 0 Å². The van der Waals surface area contributed by atoms with Gasteiger partial charge in [0.2, 0.25) is 5.91 Å². The number of likely N-dealkylation sites (tertiary alicyclic amines) is 1. The van der Waals surface area contributed by atoms with E-state index in [1.807, 2.05) is 0 Å². The number of carbonyl (C=O) groups is 1. The van der Waals surface area contributed by atoms with Gasteiger partial charge in [0.25, 0.3) is 0 Å². The van der Waals surface area contributed by atoms with Gasteiger partial charge in [-0.3, -0.25) is 9.69 Å². The Morgan fingerprint density at radius 1 is 1.36 bits per heavy atom. The molecule has 0 radical (unpaired) electrons. The molecule has 2 saturated carbocycles. The zero-order valence-corrected chi connectivity index (χ0v) is 13.6. The number of hydrogen-bond donors (Lipinski definition) is 2. The normalized spacial score (nSPS) is 38.3. The molecule has 120 valence electrons. The zero-order valence-electron chi connectivity index (χ0n) is 12.8. The van der Waals surface area contributed by atoms with Crippen LogP contribution in [0.25, 0.3) is 0 Å². The lowest BCUT2D eigenvalue weighted by Gasteiger charge is -2.29. The van der Waals surface area contributed by atoms with Crippen molar-refractivity contribution in [1.29, 1.82) is 0 Å². The minimum absolute atomic E-state index is 0.177. The maximum absolute atomic E-state index is 12.5. The molecule has 0 bridgehead atoms. The Labute approximate surface area is 135 Å². The van der Waals surface area contributed by atoms with Crippen LogP contribution in [0.1, 0.15) is 43.6 Å². The third-order valence-electron chi connectivity index (χ3n) is 5.57. The molecule has 3 fully saturated rings. The number of rotatable bonds is 4. The van der Waals surface area contributed by atoms with E-state index in [0.29, 0.717) is 12.0 Å². The molecule has 1 aromatic rings. The smallest absolute Gasteiger partial charge is 0.224 e. The molecule has 0 aromatic carbocycles. The van der Waals surface area contributed by atoms with Crippen LogP contribution in [-0.2, 0) is 4.79 Å². The molecular weight excluding hydrogens is 296 g/mol.